The summed E-state index contributed by atoms with van der Waals surface area (Å²) in [6.07, 6.45) is -1.55. The van der Waals surface area contributed by atoms with Crippen LogP contribution in [0.25, 0.3) is 10.8 Å². The van der Waals surface area contributed by atoms with Crippen LogP contribution in [0.2, 0.25) is 5.02 Å². The van der Waals surface area contributed by atoms with E-state index in [1.54, 1.807) is 0 Å². The minimum Gasteiger partial charge on any atom is -0.870 e. The quantitative estimate of drug-likeness (QED) is 0.0598. The molecule has 0 saturated heterocycles. The van der Waals surface area contributed by atoms with Crippen molar-refractivity contribution in [2.75, 3.05) is 5.32 Å². The van der Waals surface area contributed by atoms with Gasteiger partial charge >= 0.3 is 112 Å². The smallest absolute Gasteiger partial charge is 0.870 e. The number of hydrogen-bond acceptors (Lipinski definition) is 16. The second-order valence-corrected chi connectivity index (χ2v) is 12.3. The Morgan fingerprint density at radius 1 is 0.783 bits per heavy atom. The fourth-order valence-corrected chi connectivity index (χ4v) is 5.56. The Morgan fingerprint density at radius 2 is 1.37 bits per heavy atom. The maximum absolute atomic E-state index is 13.6. The maximum Gasteiger partial charge on any atom is 2.00 e. The van der Waals surface area contributed by atoms with E-state index in [0.29, 0.717) is 6.07 Å². The molecule has 0 aliphatic rings. The van der Waals surface area contributed by atoms with Gasteiger partial charge in [-0.2, -0.15) is 23.9 Å². The SMILES string of the molecule is O=S(=O)([O-])c1cc(S(=O)(=O)[O-])c2c([O-])c(N=Nc3cccc(Nc4nc(F)nc(F)c4Cl)c3[O-])c(S(=O)(=O)[O-])cc2c1.[Cu+2].[Na+].[Na+].[Na+]. The first-order valence-corrected chi connectivity index (χ1v) is 15.0. The first-order chi connectivity index (χ1) is 19.3. The molecule has 1 heterocycles. The van der Waals surface area contributed by atoms with Gasteiger partial charge in [-0.05, 0) is 41.1 Å². The molecular weight excluding hydrogens is 788 g/mol. The van der Waals surface area contributed by atoms with Crippen molar-refractivity contribution in [1.82, 2.24) is 9.97 Å². The maximum atomic E-state index is 13.6. The third kappa shape index (κ3) is 9.98. The molecule has 0 saturated carbocycles. The van der Waals surface area contributed by atoms with Gasteiger partial charge in [-0.15, -0.1) is 5.11 Å². The van der Waals surface area contributed by atoms with Gasteiger partial charge in [-0.25, -0.2) is 25.3 Å². The number of aromatic nitrogens is 2. The molecule has 4 rings (SSSR count). The van der Waals surface area contributed by atoms with Gasteiger partial charge in [0.25, 0.3) is 0 Å². The molecule has 1 aromatic heterocycles. The number of azo groups is 1. The number of rotatable bonds is 7. The normalized spacial score (nSPS) is 11.6. The zero-order chi connectivity index (χ0) is 31.4. The van der Waals surface area contributed by atoms with Gasteiger partial charge in [-0.3, -0.25) is 0 Å². The third-order valence-corrected chi connectivity index (χ3v) is 8.04. The van der Waals surface area contributed by atoms with Crippen molar-refractivity contribution in [3.8, 4) is 11.5 Å². The fourth-order valence-electron chi connectivity index (χ4n) is 3.44. The number of fused-ring (bicyclic) bond motifs is 1. The number of benzene rings is 3. The van der Waals surface area contributed by atoms with Gasteiger partial charge in [0.2, 0.25) is 5.95 Å². The predicted molar refractivity (Wildman–Crippen MR) is 128 cm³/mol. The average Bonchev–Trinajstić information content (AvgIpc) is 2.85. The molecule has 0 spiro atoms. The van der Waals surface area contributed by atoms with E-state index in [0.717, 1.165) is 18.2 Å². The first-order valence-electron chi connectivity index (χ1n) is 10.4. The van der Waals surface area contributed by atoms with E-state index >= 15 is 0 Å². The van der Waals surface area contributed by atoms with Crippen LogP contribution >= 0.6 is 11.6 Å². The van der Waals surface area contributed by atoms with Crippen molar-refractivity contribution in [2.24, 2.45) is 10.2 Å². The zero-order valence-electron chi connectivity index (χ0n) is 22.9. The van der Waals surface area contributed by atoms with Gasteiger partial charge in [-0.1, -0.05) is 29.2 Å². The molecule has 1 N–H and O–H groups in total. The average molecular weight is 795 g/mol. The summed E-state index contributed by atoms with van der Waals surface area (Å²) in [4.78, 5) is 1.56. The second-order valence-electron chi connectivity index (χ2n) is 7.86. The van der Waals surface area contributed by atoms with Gasteiger partial charge < -0.3 is 29.2 Å². The molecule has 46 heavy (non-hydrogen) atoms. The van der Waals surface area contributed by atoms with Crippen molar-refractivity contribution in [3.63, 3.8) is 0 Å². The minimum absolute atomic E-state index is 0. The van der Waals surface area contributed by atoms with E-state index in [1.807, 2.05) is 0 Å². The van der Waals surface area contributed by atoms with E-state index in [9.17, 15) is 57.9 Å². The summed E-state index contributed by atoms with van der Waals surface area (Å²) >= 11 is 5.64. The van der Waals surface area contributed by atoms with Crippen molar-refractivity contribution in [2.45, 2.75) is 14.7 Å². The van der Waals surface area contributed by atoms with Gasteiger partial charge in [0.15, 0.2) is 5.82 Å². The van der Waals surface area contributed by atoms with Crippen LogP contribution in [-0.4, -0.2) is 48.9 Å². The fraction of sp³-hybridized carbons (Fsp3) is 0. The zero-order valence-corrected chi connectivity index (χ0v) is 33.1. The van der Waals surface area contributed by atoms with E-state index in [4.69, 9.17) is 11.6 Å². The predicted octanol–water partition coefficient (Wildman–Crippen LogP) is -7.41. The minimum atomic E-state index is -5.70. The summed E-state index contributed by atoms with van der Waals surface area (Å²) < 4.78 is 133. The molecule has 231 valence electrons. The standard InChI is InChI=1S/C20H12ClF2N5O11S3.Cu.3Na/c21-14-18(22)25-20(23)26-19(14)24-9-2-1-3-10(16(9)29)27-28-15-12(42(37,38)39)5-7-4-8(40(31,32)33)6-11(41(34,35)36)13(7)17(15)30;;;;/h1-6,29-30H,(H,24,25,26)(H,31,32,33)(H,34,35,36)(H,37,38,39);;;;/q;+2;3*+1/p-5. The number of nitrogens with zero attached hydrogens (tertiary/aromatic N) is 4. The number of hydrogen-bond donors (Lipinski definition) is 1. The molecule has 1 radical (unpaired) electrons. The molecule has 0 aliphatic carbocycles. The van der Waals surface area contributed by atoms with Crippen molar-refractivity contribution in [1.29, 1.82) is 0 Å². The summed E-state index contributed by atoms with van der Waals surface area (Å²) in [5.41, 5.74) is -2.56. The molecule has 0 unspecified atom stereocenters. The molecule has 4 aromatic rings. The summed E-state index contributed by atoms with van der Waals surface area (Å²) in [5.74, 6) is -4.99. The van der Waals surface area contributed by atoms with Crippen LogP contribution in [-0.2, 0) is 47.4 Å². The van der Waals surface area contributed by atoms with E-state index in [-0.39, 0.29) is 118 Å². The number of halogens is 3. The van der Waals surface area contributed by atoms with E-state index in [1.165, 1.54) is 0 Å². The first kappa shape index (κ1) is 45.4. The van der Waals surface area contributed by atoms with E-state index < -0.39 is 107 Å². The molecule has 26 heteroatoms. The Hall–Kier alpha value is -0.601. The van der Waals surface area contributed by atoms with Gasteiger partial charge in [0, 0.05) is 5.69 Å². The van der Waals surface area contributed by atoms with Crippen LogP contribution in [0.5, 0.6) is 11.5 Å². The summed E-state index contributed by atoms with van der Waals surface area (Å²) in [6.45, 7) is 0. The summed E-state index contributed by atoms with van der Waals surface area (Å²) in [5, 5.41) is 32.0. The molecule has 0 aliphatic heterocycles. The molecular formula is C20H7ClCuF2N5Na3O11S3. The monoisotopic (exact) mass is 794 g/mol. The Balaban J connectivity index is 0.00000506. The topological polar surface area (TPSA) is 280 Å². The molecule has 0 bridgehead atoms. The Bertz CT molecular complexity index is 2190. The van der Waals surface area contributed by atoms with Crippen molar-refractivity contribution in [3.05, 3.63) is 53.4 Å². The molecule has 0 amide bonds. The van der Waals surface area contributed by atoms with Gasteiger partial charge in [0.05, 0.1) is 26.1 Å². The largest absolute Gasteiger partial charge is 2.00 e. The molecule has 3 aromatic carbocycles. The van der Waals surface area contributed by atoms with Crippen LogP contribution in [0.15, 0.2) is 61.3 Å². The molecule has 0 atom stereocenters. The number of nitrogens with one attached hydrogen (secondary N) is 1. The number of anilines is 2. The second kappa shape index (κ2) is 16.9. The van der Waals surface area contributed by atoms with Crippen molar-refractivity contribution >= 4 is 75.6 Å². The summed E-state index contributed by atoms with van der Waals surface area (Å²) in [7, 11) is -16.8. The van der Waals surface area contributed by atoms with Crippen LogP contribution < -0.4 is 104 Å². The van der Waals surface area contributed by atoms with Crippen LogP contribution in [0.4, 0.5) is 31.7 Å². The van der Waals surface area contributed by atoms with Crippen LogP contribution in [0.1, 0.15) is 0 Å². The Kier molecular flexibility index (Phi) is 16.7. The molecule has 16 nitrogen and oxygen atoms in total. The number of para-hydroxylation sites is 1. The van der Waals surface area contributed by atoms with Crippen molar-refractivity contribution < 1.29 is 164 Å². The summed E-state index contributed by atoms with van der Waals surface area (Å²) in [6, 6.07) is 3.85. The van der Waals surface area contributed by atoms with Gasteiger partial charge in [0.1, 0.15) is 35.4 Å². The van der Waals surface area contributed by atoms with Crippen LogP contribution in [0.3, 0.4) is 0 Å². The van der Waals surface area contributed by atoms with Crippen LogP contribution in [0, 0.1) is 12.0 Å². The Labute approximate surface area is 340 Å². The van der Waals surface area contributed by atoms with E-state index in [2.05, 4.69) is 25.5 Å². The Morgan fingerprint density at radius 3 is 1.91 bits per heavy atom. The molecule has 0 fully saturated rings. The third-order valence-electron chi connectivity index (χ3n) is 5.18.